The first kappa shape index (κ1) is 13.5. The molecule has 2 aromatic rings. The van der Waals surface area contributed by atoms with Crippen LogP contribution in [0.4, 0.5) is 0 Å². The molecule has 3 nitrogen and oxygen atoms in total. The number of carbonyl (C=O) groups is 1. The van der Waals surface area contributed by atoms with E-state index in [9.17, 15) is 4.79 Å². The first-order valence-electron chi connectivity index (χ1n) is 6.76. The van der Waals surface area contributed by atoms with Crippen LogP contribution in [0.25, 0.3) is 0 Å². The van der Waals surface area contributed by atoms with E-state index in [1.165, 1.54) is 11.1 Å². The molecule has 0 fully saturated rings. The number of aromatic nitrogens is 2. The first-order valence-corrected chi connectivity index (χ1v) is 6.76. The zero-order chi connectivity index (χ0) is 13.7. The molecule has 100 valence electrons. The number of benzene rings is 1. The lowest BCUT2D eigenvalue weighted by atomic mass is 10.0. The Morgan fingerprint density at radius 1 is 1.26 bits per heavy atom. The molecule has 0 unspecified atom stereocenters. The van der Waals surface area contributed by atoms with E-state index >= 15 is 0 Å². The number of nitrogens with zero attached hydrogens (tertiary/aromatic N) is 2. The van der Waals surface area contributed by atoms with Gasteiger partial charge >= 0.3 is 0 Å². The van der Waals surface area contributed by atoms with Crippen LogP contribution >= 0.6 is 0 Å². The second-order valence-corrected chi connectivity index (χ2v) is 4.83. The Kier molecular flexibility index (Phi) is 4.50. The van der Waals surface area contributed by atoms with Crippen LogP contribution in [0.15, 0.2) is 36.7 Å². The molecule has 0 atom stereocenters. The molecule has 2 rings (SSSR count). The number of carbonyl (C=O) groups excluding carboxylic acids is 1. The van der Waals surface area contributed by atoms with Gasteiger partial charge in [0.15, 0.2) is 0 Å². The number of aryl methyl sites for hydroxylation is 3. The van der Waals surface area contributed by atoms with Crippen LogP contribution in [-0.4, -0.2) is 15.3 Å². The van der Waals surface area contributed by atoms with Gasteiger partial charge in [0.2, 0.25) is 0 Å². The minimum atomic E-state index is 0.251. The van der Waals surface area contributed by atoms with Gasteiger partial charge in [-0.2, -0.15) is 0 Å². The van der Waals surface area contributed by atoms with E-state index in [0.29, 0.717) is 12.8 Å². The molecule has 0 saturated heterocycles. The average molecular weight is 256 g/mol. The van der Waals surface area contributed by atoms with Crippen molar-refractivity contribution in [1.82, 2.24) is 9.55 Å². The maximum atomic E-state index is 12.0. The summed E-state index contributed by atoms with van der Waals surface area (Å²) in [6.45, 7) is 4.99. The summed E-state index contributed by atoms with van der Waals surface area (Å²) in [5, 5.41) is 0. The topological polar surface area (TPSA) is 34.9 Å². The Labute approximate surface area is 114 Å². The fourth-order valence-electron chi connectivity index (χ4n) is 2.10. The maximum Gasteiger partial charge on any atom is 0.140 e. The molecule has 0 amide bonds. The van der Waals surface area contributed by atoms with Crippen LogP contribution in [0, 0.1) is 6.92 Å². The van der Waals surface area contributed by atoms with Crippen LogP contribution in [0.2, 0.25) is 0 Å². The van der Waals surface area contributed by atoms with Crippen molar-refractivity contribution in [2.24, 2.45) is 0 Å². The molecule has 0 aliphatic carbocycles. The minimum absolute atomic E-state index is 0.251. The van der Waals surface area contributed by atoms with Crippen LogP contribution in [-0.2, 0) is 24.2 Å². The summed E-state index contributed by atoms with van der Waals surface area (Å²) >= 11 is 0. The minimum Gasteiger partial charge on any atom is -0.335 e. The smallest absolute Gasteiger partial charge is 0.140 e. The molecule has 0 aliphatic rings. The number of rotatable bonds is 6. The lowest BCUT2D eigenvalue weighted by Crippen LogP contribution is -2.10. The molecular formula is C16H20N2O. The number of ketones is 1. The summed E-state index contributed by atoms with van der Waals surface area (Å²) in [6.07, 6.45) is 5.51. The highest BCUT2D eigenvalue weighted by Gasteiger charge is 2.08. The third-order valence-electron chi connectivity index (χ3n) is 3.31. The second-order valence-electron chi connectivity index (χ2n) is 4.83. The third-order valence-corrected chi connectivity index (χ3v) is 3.31. The van der Waals surface area contributed by atoms with Gasteiger partial charge in [0.25, 0.3) is 0 Å². The highest BCUT2D eigenvalue weighted by atomic mass is 16.1. The predicted octanol–water partition coefficient (Wildman–Crippen LogP) is 2.96. The molecule has 0 N–H and O–H groups in total. The van der Waals surface area contributed by atoms with Crippen LogP contribution in [0.3, 0.4) is 0 Å². The van der Waals surface area contributed by atoms with Crippen molar-refractivity contribution in [2.75, 3.05) is 0 Å². The molecule has 0 radical (unpaired) electrons. The summed E-state index contributed by atoms with van der Waals surface area (Å²) in [4.78, 5) is 16.2. The van der Waals surface area contributed by atoms with Crippen molar-refractivity contribution >= 4 is 5.78 Å². The summed E-state index contributed by atoms with van der Waals surface area (Å²) in [7, 11) is 0. The lowest BCUT2D eigenvalue weighted by molar-refractivity contribution is -0.118. The van der Waals surface area contributed by atoms with Crippen molar-refractivity contribution in [3.63, 3.8) is 0 Å². The van der Waals surface area contributed by atoms with Crippen LogP contribution in [0.5, 0.6) is 0 Å². The standard InChI is InChI=1S/C16H20N2O/c1-3-18-11-10-17-16(18)12-15(19)9-8-14-6-4-13(2)5-7-14/h4-7,10-11H,3,8-9,12H2,1-2H3. The average Bonchev–Trinajstić information content (AvgIpc) is 2.85. The fraction of sp³-hybridized carbons (Fsp3) is 0.375. The van der Waals surface area contributed by atoms with E-state index in [4.69, 9.17) is 0 Å². The summed E-state index contributed by atoms with van der Waals surface area (Å²) in [5.41, 5.74) is 2.47. The Morgan fingerprint density at radius 3 is 2.68 bits per heavy atom. The molecular weight excluding hydrogens is 236 g/mol. The Balaban J connectivity index is 1.86. The molecule has 0 spiro atoms. The molecule has 1 heterocycles. The van der Waals surface area contributed by atoms with Crippen molar-refractivity contribution in [3.8, 4) is 0 Å². The van der Waals surface area contributed by atoms with Gasteiger partial charge in [0.05, 0.1) is 6.42 Å². The lowest BCUT2D eigenvalue weighted by Gasteiger charge is -2.04. The molecule has 1 aromatic carbocycles. The van der Waals surface area contributed by atoms with Crippen molar-refractivity contribution < 1.29 is 4.79 Å². The highest BCUT2D eigenvalue weighted by Crippen LogP contribution is 2.08. The zero-order valence-electron chi connectivity index (χ0n) is 11.6. The fourth-order valence-corrected chi connectivity index (χ4v) is 2.10. The van der Waals surface area contributed by atoms with Gasteiger partial charge in [-0.15, -0.1) is 0 Å². The maximum absolute atomic E-state index is 12.0. The van der Waals surface area contributed by atoms with E-state index in [1.54, 1.807) is 6.20 Å². The van der Waals surface area contributed by atoms with Crippen molar-refractivity contribution in [2.45, 2.75) is 39.7 Å². The third kappa shape index (κ3) is 3.78. The SMILES string of the molecule is CCn1ccnc1CC(=O)CCc1ccc(C)cc1. The normalized spacial score (nSPS) is 10.6. The van der Waals surface area contributed by atoms with Gasteiger partial charge in [0, 0.05) is 25.4 Å². The number of imidazole rings is 1. The molecule has 1 aromatic heterocycles. The van der Waals surface area contributed by atoms with Crippen molar-refractivity contribution in [1.29, 1.82) is 0 Å². The molecule has 0 aliphatic heterocycles. The van der Waals surface area contributed by atoms with E-state index in [-0.39, 0.29) is 5.78 Å². The molecule has 0 saturated carbocycles. The van der Waals surface area contributed by atoms with Gasteiger partial charge < -0.3 is 4.57 Å². The largest absolute Gasteiger partial charge is 0.335 e. The van der Waals surface area contributed by atoms with Gasteiger partial charge in [-0.3, -0.25) is 4.79 Å². The second kappa shape index (κ2) is 6.32. The van der Waals surface area contributed by atoms with Crippen LogP contribution in [0.1, 0.15) is 30.3 Å². The number of hydrogen-bond acceptors (Lipinski definition) is 2. The first-order chi connectivity index (χ1) is 9.19. The Hall–Kier alpha value is -1.90. The van der Waals surface area contributed by atoms with Gasteiger partial charge in [-0.05, 0) is 25.8 Å². The van der Waals surface area contributed by atoms with E-state index in [2.05, 4.69) is 43.1 Å². The highest BCUT2D eigenvalue weighted by molar-refractivity contribution is 5.80. The molecule has 19 heavy (non-hydrogen) atoms. The molecule has 0 bridgehead atoms. The molecule has 3 heteroatoms. The van der Waals surface area contributed by atoms with E-state index in [0.717, 1.165) is 18.8 Å². The van der Waals surface area contributed by atoms with E-state index in [1.807, 2.05) is 10.8 Å². The quantitative estimate of drug-likeness (QED) is 0.796. The van der Waals surface area contributed by atoms with Gasteiger partial charge in [0.1, 0.15) is 11.6 Å². The Bertz CT molecular complexity index is 540. The monoisotopic (exact) mass is 256 g/mol. The van der Waals surface area contributed by atoms with Gasteiger partial charge in [-0.1, -0.05) is 29.8 Å². The van der Waals surface area contributed by atoms with Gasteiger partial charge in [-0.25, -0.2) is 4.98 Å². The predicted molar refractivity (Wildman–Crippen MR) is 76.1 cm³/mol. The van der Waals surface area contributed by atoms with Crippen LogP contribution < -0.4 is 0 Å². The Morgan fingerprint density at radius 2 is 2.00 bits per heavy atom. The van der Waals surface area contributed by atoms with E-state index < -0.39 is 0 Å². The summed E-state index contributed by atoms with van der Waals surface area (Å²) in [5.74, 6) is 1.12. The summed E-state index contributed by atoms with van der Waals surface area (Å²) < 4.78 is 2.02. The van der Waals surface area contributed by atoms with Crippen molar-refractivity contribution in [3.05, 3.63) is 53.6 Å². The number of Topliss-reactive ketones (excluding diaryl/α,β-unsaturated/α-hetero) is 1. The summed E-state index contributed by atoms with van der Waals surface area (Å²) in [6, 6.07) is 8.36. The number of hydrogen-bond donors (Lipinski definition) is 0. The zero-order valence-corrected chi connectivity index (χ0v) is 11.6.